The second-order valence-corrected chi connectivity index (χ2v) is 7.96. The fourth-order valence-corrected chi connectivity index (χ4v) is 4.00. The molecule has 1 saturated carbocycles. The summed E-state index contributed by atoms with van der Waals surface area (Å²) in [6.45, 7) is 3.69. The monoisotopic (exact) mass is 408 g/mol. The highest BCUT2D eigenvalue weighted by molar-refractivity contribution is 5.79. The molecule has 0 radical (unpaired) electrons. The van der Waals surface area contributed by atoms with Gasteiger partial charge in [0.05, 0.1) is 30.4 Å². The first-order valence-electron chi connectivity index (χ1n) is 10.6. The van der Waals surface area contributed by atoms with Gasteiger partial charge in [0.25, 0.3) is 0 Å². The number of aromatic nitrogens is 2. The van der Waals surface area contributed by atoms with E-state index in [2.05, 4.69) is 22.2 Å². The zero-order valence-electron chi connectivity index (χ0n) is 17.5. The third-order valence-electron chi connectivity index (χ3n) is 5.54. The molecule has 0 aliphatic heterocycles. The van der Waals surface area contributed by atoms with Crippen LogP contribution in [0.1, 0.15) is 75.5 Å². The van der Waals surface area contributed by atoms with Crippen LogP contribution in [0.2, 0.25) is 0 Å². The maximum Gasteiger partial charge on any atom is 0.233 e. The lowest BCUT2D eigenvalue weighted by molar-refractivity contribution is -0.155. The molecule has 0 bridgehead atoms. The highest BCUT2D eigenvalue weighted by Gasteiger charge is 2.27. The van der Waals surface area contributed by atoms with Crippen LogP contribution in [-0.2, 0) is 22.6 Å². The van der Waals surface area contributed by atoms with Crippen LogP contribution in [0.15, 0.2) is 0 Å². The van der Waals surface area contributed by atoms with Crippen molar-refractivity contribution in [3.63, 3.8) is 0 Å². The van der Waals surface area contributed by atoms with E-state index in [9.17, 15) is 19.2 Å². The molecule has 1 atom stereocenters. The summed E-state index contributed by atoms with van der Waals surface area (Å²) in [7, 11) is 0. The number of amides is 2. The van der Waals surface area contributed by atoms with Crippen LogP contribution in [0.3, 0.4) is 0 Å². The zero-order chi connectivity index (χ0) is 21.2. The third-order valence-corrected chi connectivity index (χ3v) is 5.54. The number of halogens is 1. The molecule has 2 N–H and O–H groups in total. The molecule has 0 spiro atoms. The molecule has 1 aliphatic carbocycles. The number of hydroxylamine groups is 2. The minimum Gasteiger partial charge on any atom is -0.350 e. The quantitative estimate of drug-likeness (QED) is 0.239. The van der Waals surface area contributed by atoms with Gasteiger partial charge in [-0.25, -0.2) is 19.4 Å². The topological polar surface area (TPSA) is 95.4 Å². The Morgan fingerprint density at radius 3 is 2.66 bits per heavy atom. The molecule has 7 nitrogen and oxygen atoms in total. The average Bonchev–Trinajstić information content (AvgIpc) is 3.21. The lowest BCUT2D eigenvalue weighted by atomic mass is 9.92. The fourth-order valence-electron chi connectivity index (χ4n) is 4.00. The molecule has 1 aromatic rings. The number of carbonyl (C=O) groups is 2. The first-order chi connectivity index (χ1) is 13.9. The Hall–Kier alpha value is -2.09. The lowest BCUT2D eigenvalue weighted by Gasteiger charge is -2.22. The van der Waals surface area contributed by atoms with Gasteiger partial charge >= 0.3 is 0 Å². The smallest absolute Gasteiger partial charge is 0.233 e. The Morgan fingerprint density at radius 2 is 2.00 bits per heavy atom. The lowest BCUT2D eigenvalue weighted by Crippen LogP contribution is -2.38. The third kappa shape index (κ3) is 7.34. The van der Waals surface area contributed by atoms with E-state index in [1.165, 1.54) is 0 Å². The molecule has 29 heavy (non-hydrogen) atoms. The van der Waals surface area contributed by atoms with Gasteiger partial charge in [-0.05, 0) is 32.1 Å². The predicted octanol–water partition coefficient (Wildman–Crippen LogP) is 3.32. The Morgan fingerprint density at radius 1 is 1.31 bits per heavy atom. The zero-order valence-corrected chi connectivity index (χ0v) is 17.5. The maximum atomic E-state index is 14.8. The average molecular weight is 409 g/mol. The van der Waals surface area contributed by atoms with Crippen molar-refractivity contribution in [3.8, 4) is 0 Å². The summed E-state index contributed by atoms with van der Waals surface area (Å²) in [5.74, 6) is -0.415. The van der Waals surface area contributed by atoms with E-state index in [1.807, 2.05) is 0 Å². The molecule has 1 aliphatic rings. The number of hydrogen-bond acceptors (Lipinski definition) is 5. The fraction of sp³-hybridized carbons (Fsp3) is 0.714. The number of nitrogens with one attached hydrogen (secondary N) is 1. The van der Waals surface area contributed by atoms with Gasteiger partial charge in [0.1, 0.15) is 5.82 Å². The number of rotatable bonds is 12. The maximum absolute atomic E-state index is 14.8. The summed E-state index contributed by atoms with van der Waals surface area (Å²) in [6.07, 6.45) is 8.74. The Balaban J connectivity index is 2.02. The van der Waals surface area contributed by atoms with Gasteiger partial charge in [0.2, 0.25) is 12.3 Å². The van der Waals surface area contributed by atoms with Crippen LogP contribution in [-0.4, -0.2) is 39.1 Å². The van der Waals surface area contributed by atoms with Gasteiger partial charge in [0.15, 0.2) is 5.82 Å². The molecular weight excluding hydrogens is 375 g/mol. The predicted molar refractivity (Wildman–Crippen MR) is 106 cm³/mol. The van der Waals surface area contributed by atoms with Gasteiger partial charge in [0, 0.05) is 0 Å². The van der Waals surface area contributed by atoms with E-state index < -0.39 is 11.7 Å². The second kappa shape index (κ2) is 11.8. The van der Waals surface area contributed by atoms with Crippen molar-refractivity contribution in [2.75, 3.05) is 6.54 Å². The Kier molecular flexibility index (Phi) is 9.44. The first kappa shape index (κ1) is 23.2. The van der Waals surface area contributed by atoms with Gasteiger partial charge in [-0.3, -0.25) is 14.8 Å². The molecule has 0 unspecified atom stereocenters. The number of aryl methyl sites for hydroxylation is 2. The highest BCUT2D eigenvalue weighted by atomic mass is 19.1. The highest BCUT2D eigenvalue weighted by Crippen LogP contribution is 2.30. The molecule has 1 heterocycles. The normalized spacial score (nSPS) is 15.3. The summed E-state index contributed by atoms with van der Waals surface area (Å²) in [5, 5.41) is 12.8. The van der Waals surface area contributed by atoms with E-state index in [4.69, 9.17) is 0 Å². The van der Waals surface area contributed by atoms with E-state index in [0.717, 1.165) is 44.9 Å². The van der Waals surface area contributed by atoms with Crippen molar-refractivity contribution < 1.29 is 19.2 Å². The van der Waals surface area contributed by atoms with E-state index in [0.29, 0.717) is 41.8 Å². The molecule has 0 saturated heterocycles. The number of unbranched alkanes of at least 4 members (excludes halogenated alkanes) is 2. The van der Waals surface area contributed by atoms with E-state index in [-0.39, 0.29) is 24.7 Å². The number of hydrogen-bond donors (Lipinski definition) is 2. The summed E-state index contributed by atoms with van der Waals surface area (Å²) in [5.41, 5.74) is 0.563. The number of carbonyl (C=O) groups excluding carboxylic acids is 2. The van der Waals surface area contributed by atoms with Gasteiger partial charge in [-0.1, -0.05) is 45.4 Å². The molecule has 1 aromatic heterocycles. The van der Waals surface area contributed by atoms with Crippen molar-refractivity contribution in [1.82, 2.24) is 20.3 Å². The summed E-state index contributed by atoms with van der Waals surface area (Å²) < 4.78 is 14.8. The van der Waals surface area contributed by atoms with Crippen LogP contribution >= 0.6 is 0 Å². The van der Waals surface area contributed by atoms with Crippen LogP contribution in [0.5, 0.6) is 0 Å². The van der Waals surface area contributed by atoms with Crippen molar-refractivity contribution >= 4 is 12.3 Å². The minimum atomic E-state index is -0.539. The SMILES string of the molecule is CCCCCc1nc(C)nc(CNC(=O)[C@H](CC2CCCC2)CN(O)C=O)c1F. The van der Waals surface area contributed by atoms with Gasteiger partial charge in [-0.15, -0.1) is 0 Å². The summed E-state index contributed by atoms with van der Waals surface area (Å²) in [4.78, 5) is 31.9. The summed E-state index contributed by atoms with van der Waals surface area (Å²) >= 11 is 0. The molecule has 2 rings (SSSR count). The van der Waals surface area contributed by atoms with E-state index in [1.54, 1.807) is 6.92 Å². The van der Waals surface area contributed by atoms with Crippen LogP contribution < -0.4 is 5.32 Å². The molecule has 1 fully saturated rings. The Labute approximate surface area is 172 Å². The minimum absolute atomic E-state index is 0.0392. The van der Waals surface area contributed by atoms with Crippen LogP contribution in [0, 0.1) is 24.6 Å². The van der Waals surface area contributed by atoms with Crippen LogP contribution in [0.25, 0.3) is 0 Å². The van der Waals surface area contributed by atoms with Gasteiger partial charge < -0.3 is 5.32 Å². The molecule has 8 heteroatoms. The Bertz CT molecular complexity index is 680. The molecule has 2 amide bonds. The summed E-state index contributed by atoms with van der Waals surface area (Å²) in [6, 6.07) is 0. The van der Waals surface area contributed by atoms with Crippen molar-refractivity contribution in [2.24, 2.45) is 11.8 Å². The molecule has 162 valence electrons. The van der Waals surface area contributed by atoms with E-state index >= 15 is 0 Å². The molecular formula is C21H33FN4O3. The number of nitrogens with zero attached hydrogens (tertiary/aromatic N) is 3. The molecule has 0 aromatic carbocycles. The van der Waals surface area contributed by atoms with Crippen molar-refractivity contribution in [1.29, 1.82) is 0 Å². The largest absolute Gasteiger partial charge is 0.350 e. The second-order valence-electron chi connectivity index (χ2n) is 7.96. The van der Waals surface area contributed by atoms with Crippen LogP contribution in [0.4, 0.5) is 4.39 Å². The standard InChI is InChI=1S/C21H33FN4O3/c1-3-4-5-10-18-20(22)19(25-15(2)24-18)12-23-21(28)17(13-26(29)14-27)11-16-8-6-7-9-16/h14,16-17,29H,3-13H2,1-2H3,(H,23,28)/t17-/m1/s1. The van der Waals surface area contributed by atoms with Crippen molar-refractivity contribution in [3.05, 3.63) is 23.0 Å². The van der Waals surface area contributed by atoms with Crippen molar-refractivity contribution in [2.45, 2.75) is 78.2 Å². The van der Waals surface area contributed by atoms with Gasteiger partial charge in [-0.2, -0.15) is 0 Å². The first-order valence-corrected chi connectivity index (χ1v) is 10.6.